The smallest absolute Gasteiger partial charge is 0.352 e. The summed E-state index contributed by atoms with van der Waals surface area (Å²) in [4.78, 5) is 31.7. The summed E-state index contributed by atoms with van der Waals surface area (Å²) in [5.74, 6) is -1.33. The summed E-state index contributed by atoms with van der Waals surface area (Å²) in [5, 5.41) is 10.6. The number of fused-ring (bicyclic) bond motifs is 2. The molecule has 0 bridgehead atoms. The minimum Gasteiger partial charge on any atom is -0.477 e. The molecule has 5 rings (SSSR count). The number of carboxylic acids is 1. The van der Waals surface area contributed by atoms with E-state index >= 15 is 0 Å². The maximum absolute atomic E-state index is 11.5. The number of rotatable bonds is 9. The Morgan fingerprint density at radius 2 is 2.03 bits per heavy atom. The van der Waals surface area contributed by atoms with E-state index in [-0.39, 0.29) is 17.7 Å². The van der Waals surface area contributed by atoms with Crippen molar-refractivity contribution in [3.8, 4) is 0 Å². The van der Waals surface area contributed by atoms with Crippen LogP contribution in [0.1, 0.15) is 50.9 Å². The number of nitrogens with zero attached hydrogens (tertiary/aromatic N) is 1. The van der Waals surface area contributed by atoms with Crippen LogP contribution >= 0.6 is 0 Å². The van der Waals surface area contributed by atoms with Crippen molar-refractivity contribution in [2.24, 2.45) is 0 Å². The van der Waals surface area contributed by atoms with Crippen LogP contribution in [0, 0.1) is 0 Å². The van der Waals surface area contributed by atoms with Gasteiger partial charge in [0.25, 0.3) is 0 Å². The molecule has 0 aliphatic heterocycles. The number of ether oxygens (including phenoxy) is 1. The highest BCUT2D eigenvalue weighted by Crippen LogP contribution is 2.37. The standard InChI is InChI=1S/C29H29N3O4/c1-36-28(33)13-7-19-6-10-24-20(16-19)8-12-27(24)32(18-22-9-11-26(31-22)29(34)35)15-14-21-17-30-25-5-3-2-4-23(21)25/h2-7,9-11,13,16-17,27,30-31H,8,12,14-15,18H2,1H3,(H,34,35). The van der Waals surface area contributed by atoms with Crippen LogP contribution in [-0.4, -0.2) is 45.6 Å². The van der Waals surface area contributed by atoms with E-state index in [1.54, 1.807) is 12.1 Å². The van der Waals surface area contributed by atoms with Crippen LogP contribution in [0.2, 0.25) is 0 Å². The van der Waals surface area contributed by atoms with Gasteiger partial charge in [0.05, 0.1) is 7.11 Å². The number of carbonyl (C=O) groups is 2. The van der Waals surface area contributed by atoms with Crippen LogP contribution in [0.15, 0.2) is 66.9 Å². The monoisotopic (exact) mass is 483 g/mol. The molecular formula is C29H29N3O4. The van der Waals surface area contributed by atoms with Crippen LogP contribution < -0.4 is 0 Å². The van der Waals surface area contributed by atoms with E-state index < -0.39 is 5.97 Å². The molecule has 7 nitrogen and oxygen atoms in total. The first-order valence-corrected chi connectivity index (χ1v) is 12.1. The Balaban J connectivity index is 1.40. The number of hydrogen-bond acceptors (Lipinski definition) is 4. The molecule has 2 heterocycles. The molecule has 2 aromatic carbocycles. The van der Waals surface area contributed by atoms with Gasteiger partial charge in [0.1, 0.15) is 5.69 Å². The first kappa shape index (κ1) is 23.6. The number of para-hydroxylation sites is 1. The molecule has 184 valence electrons. The lowest BCUT2D eigenvalue weighted by Crippen LogP contribution is -2.29. The summed E-state index contributed by atoms with van der Waals surface area (Å²) in [6.07, 6.45) is 8.12. The molecule has 0 fully saturated rings. The van der Waals surface area contributed by atoms with Crippen LogP contribution in [0.25, 0.3) is 17.0 Å². The van der Waals surface area contributed by atoms with Gasteiger partial charge in [0.15, 0.2) is 0 Å². The van der Waals surface area contributed by atoms with E-state index in [0.717, 1.165) is 42.6 Å². The van der Waals surface area contributed by atoms with Crippen LogP contribution in [0.5, 0.6) is 0 Å². The Hall–Kier alpha value is -4.10. The number of benzene rings is 2. The van der Waals surface area contributed by atoms with Gasteiger partial charge in [0.2, 0.25) is 0 Å². The van der Waals surface area contributed by atoms with E-state index in [1.165, 1.54) is 35.3 Å². The lowest BCUT2D eigenvalue weighted by Gasteiger charge is -2.29. The maximum atomic E-state index is 11.5. The quantitative estimate of drug-likeness (QED) is 0.227. The van der Waals surface area contributed by atoms with E-state index in [4.69, 9.17) is 4.74 Å². The van der Waals surface area contributed by atoms with Crippen molar-refractivity contribution >= 4 is 28.9 Å². The summed E-state index contributed by atoms with van der Waals surface area (Å²) >= 11 is 0. The summed E-state index contributed by atoms with van der Waals surface area (Å²) in [6, 6.07) is 18.4. The zero-order chi connectivity index (χ0) is 25.1. The van der Waals surface area contributed by atoms with Crippen LogP contribution in [0.4, 0.5) is 0 Å². The fourth-order valence-corrected chi connectivity index (χ4v) is 5.15. The Morgan fingerprint density at radius 3 is 2.83 bits per heavy atom. The molecule has 4 aromatic rings. The second kappa shape index (κ2) is 10.3. The fraction of sp³-hybridized carbons (Fsp3) is 0.241. The number of methoxy groups -OCH3 is 1. The number of nitrogens with one attached hydrogen (secondary N) is 2. The zero-order valence-corrected chi connectivity index (χ0v) is 20.2. The van der Waals surface area contributed by atoms with Gasteiger partial charge in [-0.15, -0.1) is 0 Å². The van der Waals surface area contributed by atoms with Gasteiger partial charge in [-0.2, -0.15) is 0 Å². The first-order chi connectivity index (χ1) is 17.5. The highest BCUT2D eigenvalue weighted by Gasteiger charge is 2.28. The number of aromatic nitrogens is 2. The second-order valence-electron chi connectivity index (χ2n) is 9.15. The number of carboxylic acid groups (broad SMARTS) is 1. The number of carbonyl (C=O) groups excluding carboxylic acids is 1. The van der Waals surface area contributed by atoms with Gasteiger partial charge in [-0.25, -0.2) is 9.59 Å². The minimum atomic E-state index is -0.953. The lowest BCUT2D eigenvalue weighted by atomic mass is 10.0. The molecule has 0 amide bonds. The van der Waals surface area contributed by atoms with Crippen molar-refractivity contribution in [3.05, 3.63) is 101 Å². The van der Waals surface area contributed by atoms with E-state index in [9.17, 15) is 14.7 Å². The first-order valence-electron chi connectivity index (χ1n) is 12.1. The van der Waals surface area contributed by atoms with Crippen molar-refractivity contribution in [3.63, 3.8) is 0 Å². The van der Waals surface area contributed by atoms with Gasteiger partial charge in [-0.3, -0.25) is 4.90 Å². The van der Waals surface area contributed by atoms with Crippen molar-refractivity contribution in [1.82, 2.24) is 14.9 Å². The highest BCUT2D eigenvalue weighted by molar-refractivity contribution is 5.87. The van der Waals surface area contributed by atoms with Crippen molar-refractivity contribution in [2.45, 2.75) is 31.8 Å². The van der Waals surface area contributed by atoms with Crippen molar-refractivity contribution in [2.75, 3.05) is 13.7 Å². The zero-order valence-electron chi connectivity index (χ0n) is 20.2. The SMILES string of the molecule is COC(=O)C=Cc1ccc2c(c1)CCC2N(CCc1c[nH]c2ccccc12)Cc1ccc(C(=O)O)[nH]1. The largest absolute Gasteiger partial charge is 0.477 e. The Morgan fingerprint density at radius 1 is 1.17 bits per heavy atom. The number of H-pyrrole nitrogens is 2. The predicted octanol–water partition coefficient (Wildman–Crippen LogP) is 5.11. The van der Waals surface area contributed by atoms with Gasteiger partial charge in [-0.1, -0.05) is 36.4 Å². The average molecular weight is 484 g/mol. The third kappa shape index (κ3) is 4.97. The molecule has 1 aliphatic carbocycles. The Bertz CT molecular complexity index is 1430. The molecule has 3 N–H and O–H groups in total. The highest BCUT2D eigenvalue weighted by atomic mass is 16.5. The summed E-state index contributed by atoms with van der Waals surface area (Å²) in [5.41, 5.74) is 7.03. The summed E-state index contributed by atoms with van der Waals surface area (Å²) in [6.45, 7) is 1.46. The number of aromatic amines is 2. The third-order valence-corrected chi connectivity index (χ3v) is 6.96. The molecule has 0 saturated carbocycles. The molecule has 7 heteroatoms. The van der Waals surface area contributed by atoms with E-state index in [1.807, 2.05) is 18.2 Å². The van der Waals surface area contributed by atoms with Gasteiger partial charge >= 0.3 is 11.9 Å². The molecule has 1 aliphatic rings. The lowest BCUT2D eigenvalue weighted by molar-refractivity contribution is -0.134. The number of aryl methyl sites for hydroxylation is 1. The molecule has 36 heavy (non-hydrogen) atoms. The summed E-state index contributed by atoms with van der Waals surface area (Å²) < 4.78 is 4.70. The maximum Gasteiger partial charge on any atom is 0.352 e. The van der Waals surface area contributed by atoms with Crippen molar-refractivity contribution in [1.29, 1.82) is 0 Å². The number of esters is 1. The molecule has 2 aromatic heterocycles. The van der Waals surface area contributed by atoms with Crippen LogP contribution in [0.3, 0.4) is 0 Å². The summed E-state index contributed by atoms with van der Waals surface area (Å²) in [7, 11) is 1.37. The fourth-order valence-electron chi connectivity index (χ4n) is 5.15. The topological polar surface area (TPSA) is 98.4 Å². The number of hydrogen-bond donors (Lipinski definition) is 3. The third-order valence-electron chi connectivity index (χ3n) is 6.96. The van der Waals surface area contributed by atoms with E-state index in [0.29, 0.717) is 6.54 Å². The molecule has 0 saturated heterocycles. The minimum absolute atomic E-state index is 0.204. The molecule has 0 radical (unpaired) electrons. The second-order valence-corrected chi connectivity index (χ2v) is 9.15. The van der Waals surface area contributed by atoms with E-state index in [2.05, 4.69) is 51.4 Å². The average Bonchev–Trinajstić information content (AvgIpc) is 3.63. The molecule has 1 atom stereocenters. The van der Waals surface area contributed by atoms with Gasteiger partial charge < -0.3 is 19.8 Å². The van der Waals surface area contributed by atoms with Gasteiger partial charge in [0, 0.05) is 48.0 Å². The van der Waals surface area contributed by atoms with Gasteiger partial charge in [-0.05, 0) is 65.8 Å². The van der Waals surface area contributed by atoms with Crippen LogP contribution in [-0.2, 0) is 28.9 Å². The Labute approximate surface area is 209 Å². The predicted molar refractivity (Wildman–Crippen MR) is 139 cm³/mol. The molecule has 1 unspecified atom stereocenters. The Kier molecular flexibility index (Phi) is 6.73. The molecule has 0 spiro atoms. The normalized spacial score (nSPS) is 15.1. The van der Waals surface area contributed by atoms with Crippen molar-refractivity contribution < 1.29 is 19.4 Å². The number of aromatic carboxylic acids is 1. The molecular weight excluding hydrogens is 454 g/mol.